The molecule has 5 heteroatoms. The molecular formula is C11H7ClN2O2. The Morgan fingerprint density at radius 2 is 2.31 bits per heavy atom. The van der Waals surface area contributed by atoms with Crippen LogP contribution in [0.5, 0.6) is 0 Å². The molecule has 0 atom stereocenters. The summed E-state index contributed by atoms with van der Waals surface area (Å²) < 4.78 is 1.08. The SMILES string of the molecule is N#CCc1cn(C(=O)O)c2cccc(Cl)c12. The van der Waals surface area contributed by atoms with E-state index in [2.05, 4.69) is 0 Å². The molecule has 0 amide bonds. The number of carboxylic acid groups (broad SMARTS) is 1. The summed E-state index contributed by atoms with van der Waals surface area (Å²) in [5.41, 5.74) is 1.13. The van der Waals surface area contributed by atoms with E-state index >= 15 is 0 Å². The first-order valence-corrected chi connectivity index (χ1v) is 4.91. The van der Waals surface area contributed by atoms with Crippen LogP contribution in [0.25, 0.3) is 10.9 Å². The number of carbonyl (C=O) groups is 1. The molecule has 1 N–H and O–H groups in total. The lowest BCUT2D eigenvalue weighted by Gasteiger charge is -1.98. The fourth-order valence-corrected chi connectivity index (χ4v) is 1.99. The Hall–Kier alpha value is -1.99. The van der Waals surface area contributed by atoms with Crippen molar-refractivity contribution in [2.45, 2.75) is 6.42 Å². The van der Waals surface area contributed by atoms with Gasteiger partial charge in [0.25, 0.3) is 0 Å². The maximum Gasteiger partial charge on any atom is 0.416 e. The molecule has 1 heterocycles. The number of nitrogens with zero attached hydrogens (tertiary/aromatic N) is 2. The second-order valence-corrected chi connectivity index (χ2v) is 3.68. The van der Waals surface area contributed by atoms with Crippen LogP contribution in [0.4, 0.5) is 4.79 Å². The predicted octanol–water partition coefficient (Wildman–Crippen LogP) is 2.89. The highest BCUT2D eigenvalue weighted by atomic mass is 35.5. The molecule has 0 bridgehead atoms. The van der Waals surface area contributed by atoms with Gasteiger partial charge >= 0.3 is 6.09 Å². The molecular weight excluding hydrogens is 228 g/mol. The molecule has 80 valence electrons. The molecule has 0 saturated heterocycles. The quantitative estimate of drug-likeness (QED) is 0.825. The number of rotatable bonds is 1. The van der Waals surface area contributed by atoms with E-state index in [9.17, 15) is 4.79 Å². The summed E-state index contributed by atoms with van der Waals surface area (Å²) in [6.07, 6.45) is 0.485. The van der Waals surface area contributed by atoms with Crippen molar-refractivity contribution in [3.05, 3.63) is 35.0 Å². The Bertz CT molecular complexity index is 610. The van der Waals surface area contributed by atoms with E-state index in [-0.39, 0.29) is 6.42 Å². The van der Waals surface area contributed by atoms with Gasteiger partial charge in [0, 0.05) is 11.6 Å². The highest BCUT2D eigenvalue weighted by Crippen LogP contribution is 2.28. The van der Waals surface area contributed by atoms with Gasteiger partial charge in [-0.3, -0.25) is 4.57 Å². The van der Waals surface area contributed by atoms with Gasteiger partial charge in [-0.05, 0) is 17.7 Å². The lowest BCUT2D eigenvalue weighted by atomic mass is 10.1. The van der Waals surface area contributed by atoms with Crippen molar-refractivity contribution in [1.82, 2.24) is 4.57 Å². The Balaban J connectivity index is 2.83. The first kappa shape index (κ1) is 10.5. The van der Waals surface area contributed by atoms with Crippen LogP contribution in [0.1, 0.15) is 5.56 Å². The number of halogens is 1. The lowest BCUT2D eigenvalue weighted by Crippen LogP contribution is -2.05. The van der Waals surface area contributed by atoms with E-state index in [4.69, 9.17) is 22.0 Å². The van der Waals surface area contributed by atoms with E-state index in [1.807, 2.05) is 6.07 Å². The van der Waals surface area contributed by atoms with Gasteiger partial charge in [0.05, 0.1) is 23.0 Å². The average Bonchev–Trinajstić information content (AvgIpc) is 2.59. The molecule has 2 rings (SSSR count). The molecule has 0 radical (unpaired) electrons. The minimum atomic E-state index is -1.09. The average molecular weight is 235 g/mol. The zero-order valence-electron chi connectivity index (χ0n) is 8.14. The standard InChI is InChI=1S/C11H7ClN2O2/c12-8-2-1-3-9-10(8)7(4-5-13)6-14(9)11(15)16/h1-3,6H,4H2,(H,15,16). The zero-order chi connectivity index (χ0) is 11.7. The molecule has 0 aliphatic carbocycles. The normalized spacial score (nSPS) is 10.2. The van der Waals surface area contributed by atoms with Crippen LogP contribution in [0.2, 0.25) is 5.02 Å². The maximum atomic E-state index is 11.0. The number of benzene rings is 1. The smallest absolute Gasteiger partial charge is 0.416 e. The Labute approximate surface area is 96.3 Å². The molecule has 0 fully saturated rings. The van der Waals surface area contributed by atoms with E-state index < -0.39 is 6.09 Å². The molecule has 0 spiro atoms. The molecule has 4 nitrogen and oxygen atoms in total. The summed E-state index contributed by atoms with van der Waals surface area (Å²) in [6, 6.07) is 7.01. The van der Waals surface area contributed by atoms with Crippen LogP contribution in [-0.4, -0.2) is 15.8 Å². The second kappa shape index (κ2) is 3.87. The van der Waals surface area contributed by atoms with Gasteiger partial charge in [-0.25, -0.2) is 4.79 Å². The zero-order valence-corrected chi connectivity index (χ0v) is 8.90. The summed E-state index contributed by atoms with van der Waals surface area (Å²) >= 11 is 6.00. The number of aromatic nitrogens is 1. The van der Waals surface area contributed by atoms with E-state index in [0.29, 0.717) is 21.5 Å². The lowest BCUT2D eigenvalue weighted by molar-refractivity contribution is 0.197. The molecule has 16 heavy (non-hydrogen) atoms. The van der Waals surface area contributed by atoms with E-state index in [1.165, 1.54) is 6.20 Å². The second-order valence-electron chi connectivity index (χ2n) is 3.28. The van der Waals surface area contributed by atoms with Crippen molar-refractivity contribution in [1.29, 1.82) is 5.26 Å². The van der Waals surface area contributed by atoms with Crippen molar-refractivity contribution in [3.63, 3.8) is 0 Å². The van der Waals surface area contributed by atoms with Crippen LogP contribution in [0.3, 0.4) is 0 Å². The molecule has 0 unspecified atom stereocenters. The van der Waals surface area contributed by atoms with Crippen molar-refractivity contribution in [2.24, 2.45) is 0 Å². The maximum absolute atomic E-state index is 11.0. The number of fused-ring (bicyclic) bond motifs is 1. The van der Waals surface area contributed by atoms with Gasteiger partial charge in [-0.1, -0.05) is 17.7 Å². The minimum Gasteiger partial charge on any atom is -0.464 e. The summed E-state index contributed by atoms with van der Waals surface area (Å²) in [5, 5.41) is 18.8. The summed E-state index contributed by atoms with van der Waals surface area (Å²) in [7, 11) is 0. The molecule has 0 aliphatic heterocycles. The Morgan fingerprint density at radius 1 is 1.56 bits per heavy atom. The topological polar surface area (TPSA) is 66.0 Å². The van der Waals surface area contributed by atoms with E-state index in [0.717, 1.165) is 4.57 Å². The largest absolute Gasteiger partial charge is 0.464 e. The van der Waals surface area contributed by atoms with Crippen LogP contribution >= 0.6 is 11.6 Å². The first-order valence-electron chi connectivity index (χ1n) is 4.54. The third-order valence-corrected chi connectivity index (χ3v) is 2.65. The summed E-state index contributed by atoms with van der Waals surface area (Å²) in [5.74, 6) is 0. The fraction of sp³-hybridized carbons (Fsp3) is 0.0909. The Morgan fingerprint density at radius 3 is 2.94 bits per heavy atom. The van der Waals surface area contributed by atoms with Gasteiger partial charge in [0.1, 0.15) is 0 Å². The third kappa shape index (κ3) is 1.51. The van der Waals surface area contributed by atoms with Crippen LogP contribution in [0.15, 0.2) is 24.4 Å². The third-order valence-electron chi connectivity index (χ3n) is 2.33. The molecule has 0 aliphatic rings. The predicted molar refractivity (Wildman–Crippen MR) is 59.7 cm³/mol. The van der Waals surface area contributed by atoms with Gasteiger partial charge in [-0.2, -0.15) is 5.26 Å². The highest BCUT2D eigenvalue weighted by molar-refractivity contribution is 6.35. The van der Waals surface area contributed by atoms with Crippen molar-refractivity contribution in [3.8, 4) is 6.07 Å². The van der Waals surface area contributed by atoms with Gasteiger partial charge < -0.3 is 5.11 Å². The molecule has 0 saturated carbocycles. The molecule has 1 aromatic carbocycles. The summed E-state index contributed by atoms with van der Waals surface area (Å²) in [4.78, 5) is 11.0. The van der Waals surface area contributed by atoms with Crippen LogP contribution in [0, 0.1) is 11.3 Å². The number of hydrogen-bond acceptors (Lipinski definition) is 2. The molecule has 1 aromatic heterocycles. The van der Waals surface area contributed by atoms with Crippen LogP contribution in [-0.2, 0) is 6.42 Å². The summed E-state index contributed by atoms with van der Waals surface area (Å²) in [6.45, 7) is 0. The Kier molecular flexibility index (Phi) is 2.55. The van der Waals surface area contributed by atoms with Gasteiger partial charge in [-0.15, -0.1) is 0 Å². The number of hydrogen-bond donors (Lipinski definition) is 1. The monoisotopic (exact) mass is 234 g/mol. The minimum absolute atomic E-state index is 0.139. The number of nitriles is 1. The van der Waals surface area contributed by atoms with Crippen molar-refractivity contribution < 1.29 is 9.90 Å². The van der Waals surface area contributed by atoms with Crippen molar-refractivity contribution in [2.75, 3.05) is 0 Å². The molecule has 2 aromatic rings. The first-order chi connectivity index (χ1) is 7.65. The van der Waals surface area contributed by atoms with Crippen molar-refractivity contribution >= 4 is 28.6 Å². The fourth-order valence-electron chi connectivity index (χ4n) is 1.70. The highest BCUT2D eigenvalue weighted by Gasteiger charge is 2.14. The van der Waals surface area contributed by atoms with Gasteiger partial charge in [0.2, 0.25) is 0 Å². The van der Waals surface area contributed by atoms with Gasteiger partial charge in [0.15, 0.2) is 0 Å². The van der Waals surface area contributed by atoms with E-state index in [1.54, 1.807) is 18.2 Å². The van der Waals surface area contributed by atoms with Crippen LogP contribution < -0.4 is 0 Å².